The van der Waals surface area contributed by atoms with Crippen molar-refractivity contribution >= 4 is 16.9 Å². The van der Waals surface area contributed by atoms with Gasteiger partial charge in [0.2, 0.25) is 5.91 Å². The number of piperidine rings is 1. The maximum atomic E-state index is 13.6. The molecule has 0 aliphatic carbocycles. The average Bonchev–Trinajstić information content (AvgIpc) is 2.96. The molecular weight excluding hydrogens is 498 g/mol. The van der Waals surface area contributed by atoms with E-state index in [0.29, 0.717) is 35.7 Å². The zero-order valence-corrected chi connectivity index (χ0v) is 22.0. The number of carbonyl (C=O) groups is 1. The Balaban J connectivity index is 1.76. The fraction of sp³-hybridized carbons (Fsp3) is 0.290. The highest BCUT2D eigenvalue weighted by Gasteiger charge is 2.31. The normalized spacial score (nSPS) is 14.3. The van der Waals surface area contributed by atoms with Crippen LogP contribution in [0.25, 0.3) is 22.3 Å². The Hall–Kier alpha value is -4.46. The summed E-state index contributed by atoms with van der Waals surface area (Å²) in [5.41, 5.74) is 1.06. The summed E-state index contributed by atoms with van der Waals surface area (Å²) in [5.74, 6) is -0.230. The minimum absolute atomic E-state index is 0.00456. The minimum atomic E-state index is -0.752. The number of methoxy groups -OCH3 is 2. The van der Waals surface area contributed by atoms with Gasteiger partial charge in [-0.15, -0.1) is 0 Å². The number of likely N-dealkylation sites (tertiary alicyclic amines) is 1. The topological polar surface area (TPSA) is 109 Å². The lowest BCUT2D eigenvalue weighted by Gasteiger charge is -2.29. The molecule has 0 unspecified atom stereocenters. The maximum Gasteiger partial charge on any atom is 0.223 e. The van der Waals surface area contributed by atoms with Crippen LogP contribution >= 0.6 is 0 Å². The highest BCUT2D eigenvalue weighted by Crippen LogP contribution is 2.45. The summed E-state index contributed by atoms with van der Waals surface area (Å²) < 4.78 is 17.3. The first-order valence-corrected chi connectivity index (χ1v) is 13.0. The standard InChI is InChI=1S/C31H31NO7/c1-37-20-11-12-21(27(15-20)38-2)22(16-28(36)32-13-7-4-8-14-32)29-23(33)17-24(34)30-25(35)18-26(39-31(29)30)19-9-5-3-6-10-19/h3,5-6,9-12,15,17-18,22,33-34H,4,7-8,13-14,16H2,1-2H3/t22-/m1/s1. The van der Waals surface area contributed by atoms with Gasteiger partial charge in [0.1, 0.15) is 39.7 Å². The molecule has 1 amide bonds. The number of carbonyl (C=O) groups excluding carboxylic acids is 1. The molecular formula is C31H31NO7. The van der Waals surface area contributed by atoms with Crippen LogP contribution in [-0.2, 0) is 4.79 Å². The molecule has 202 valence electrons. The van der Waals surface area contributed by atoms with Crippen molar-refractivity contribution in [2.45, 2.75) is 31.6 Å². The molecule has 4 aromatic rings. The molecule has 2 N–H and O–H groups in total. The quantitative estimate of drug-likeness (QED) is 0.329. The fourth-order valence-electron chi connectivity index (χ4n) is 5.32. The predicted octanol–water partition coefficient (Wildman–Crippen LogP) is 5.42. The minimum Gasteiger partial charge on any atom is -0.507 e. The number of amides is 1. The van der Waals surface area contributed by atoms with Gasteiger partial charge in [0, 0.05) is 60.3 Å². The first kappa shape index (κ1) is 26.2. The predicted molar refractivity (Wildman–Crippen MR) is 148 cm³/mol. The van der Waals surface area contributed by atoms with Crippen molar-refractivity contribution in [3.8, 4) is 34.3 Å². The zero-order valence-electron chi connectivity index (χ0n) is 22.0. The number of aromatic hydroxyl groups is 2. The van der Waals surface area contributed by atoms with Crippen LogP contribution in [0.1, 0.15) is 42.7 Å². The lowest BCUT2D eigenvalue weighted by Crippen LogP contribution is -2.36. The van der Waals surface area contributed by atoms with Gasteiger partial charge in [-0.3, -0.25) is 9.59 Å². The van der Waals surface area contributed by atoms with E-state index in [2.05, 4.69) is 0 Å². The molecule has 8 heteroatoms. The van der Waals surface area contributed by atoms with Gasteiger partial charge in [0.05, 0.1) is 14.2 Å². The largest absolute Gasteiger partial charge is 0.507 e. The second-order valence-corrected chi connectivity index (χ2v) is 9.68. The van der Waals surface area contributed by atoms with Crippen LogP contribution in [0, 0.1) is 0 Å². The van der Waals surface area contributed by atoms with E-state index in [1.807, 2.05) is 23.1 Å². The fourth-order valence-corrected chi connectivity index (χ4v) is 5.32. The molecule has 1 aliphatic rings. The summed E-state index contributed by atoms with van der Waals surface area (Å²) in [5, 5.41) is 21.9. The number of rotatable bonds is 7. The summed E-state index contributed by atoms with van der Waals surface area (Å²) in [6.07, 6.45) is 2.95. The van der Waals surface area contributed by atoms with Crippen LogP contribution < -0.4 is 14.9 Å². The van der Waals surface area contributed by atoms with Gasteiger partial charge < -0.3 is 29.0 Å². The highest BCUT2D eigenvalue weighted by molar-refractivity contribution is 5.91. The molecule has 2 heterocycles. The molecule has 1 fully saturated rings. The van der Waals surface area contributed by atoms with Crippen molar-refractivity contribution in [2.24, 2.45) is 0 Å². The highest BCUT2D eigenvalue weighted by atomic mass is 16.5. The Labute approximate surface area is 226 Å². The summed E-state index contributed by atoms with van der Waals surface area (Å²) >= 11 is 0. The molecule has 0 bridgehead atoms. The molecule has 1 saturated heterocycles. The lowest BCUT2D eigenvalue weighted by atomic mass is 9.85. The van der Waals surface area contributed by atoms with E-state index in [1.54, 1.807) is 37.4 Å². The van der Waals surface area contributed by atoms with Crippen molar-refractivity contribution in [1.29, 1.82) is 0 Å². The summed E-state index contributed by atoms with van der Waals surface area (Å²) in [6.45, 7) is 1.34. The van der Waals surface area contributed by atoms with Gasteiger partial charge in [-0.2, -0.15) is 0 Å². The van der Waals surface area contributed by atoms with E-state index in [0.717, 1.165) is 25.3 Å². The van der Waals surface area contributed by atoms with Crippen molar-refractivity contribution in [2.75, 3.05) is 27.3 Å². The van der Waals surface area contributed by atoms with E-state index < -0.39 is 17.1 Å². The number of benzene rings is 3. The van der Waals surface area contributed by atoms with Crippen molar-refractivity contribution in [3.63, 3.8) is 0 Å². The van der Waals surface area contributed by atoms with E-state index in [-0.39, 0.29) is 40.4 Å². The van der Waals surface area contributed by atoms with Crippen LogP contribution in [-0.4, -0.2) is 48.3 Å². The van der Waals surface area contributed by atoms with Crippen LogP contribution in [0.15, 0.2) is 69.9 Å². The van der Waals surface area contributed by atoms with Crippen LogP contribution in [0.4, 0.5) is 0 Å². The summed E-state index contributed by atoms with van der Waals surface area (Å²) in [6, 6.07) is 16.8. The monoisotopic (exact) mass is 529 g/mol. The van der Waals surface area contributed by atoms with Crippen molar-refractivity contribution in [1.82, 2.24) is 4.90 Å². The van der Waals surface area contributed by atoms with Gasteiger partial charge >= 0.3 is 0 Å². The zero-order chi connectivity index (χ0) is 27.5. The SMILES string of the molecule is COc1ccc([C@@H](CC(=O)N2CCCCC2)c2c(O)cc(O)c3c(=O)cc(-c4ccccc4)oc23)c(OC)c1. The Morgan fingerprint density at radius 2 is 1.69 bits per heavy atom. The number of hydrogen-bond acceptors (Lipinski definition) is 7. The summed E-state index contributed by atoms with van der Waals surface area (Å²) in [4.78, 5) is 28.7. The molecule has 0 saturated carbocycles. The van der Waals surface area contributed by atoms with Gasteiger partial charge in [0.15, 0.2) is 5.43 Å². The third kappa shape index (κ3) is 5.14. The van der Waals surface area contributed by atoms with E-state index in [9.17, 15) is 19.8 Å². The van der Waals surface area contributed by atoms with E-state index in [1.165, 1.54) is 13.2 Å². The first-order valence-electron chi connectivity index (χ1n) is 13.0. The molecule has 1 aromatic heterocycles. The molecule has 3 aromatic carbocycles. The molecule has 0 radical (unpaired) electrons. The first-order chi connectivity index (χ1) is 18.9. The van der Waals surface area contributed by atoms with E-state index in [4.69, 9.17) is 13.9 Å². The van der Waals surface area contributed by atoms with Gasteiger partial charge in [-0.1, -0.05) is 36.4 Å². The Morgan fingerprint density at radius 1 is 0.949 bits per heavy atom. The number of phenolic OH excluding ortho intramolecular Hbond substituents is 2. The van der Waals surface area contributed by atoms with Crippen LogP contribution in [0.5, 0.6) is 23.0 Å². The Morgan fingerprint density at radius 3 is 2.38 bits per heavy atom. The number of fused-ring (bicyclic) bond motifs is 1. The van der Waals surface area contributed by atoms with Crippen molar-refractivity contribution < 1.29 is 28.9 Å². The molecule has 1 aliphatic heterocycles. The number of nitrogens with zero attached hydrogens (tertiary/aromatic N) is 1. The van der Waals surface area contributed by atoms with Crippen LogP contribution in [0.3, 0.4) is 0 Å². The van der Waals surface area contributed by atoms with E-state index >= 15 is 0 Å². The van der Waals surface area contributed by atoms with Crippen molar-refractivity contribution in [3.05, 3.63) is 82.0 Å². The Kier molecular flexibility index (Phi) is 7.45. The number of hydrogen-bond donors (Lipinski definition) is 2. The van der Waals surface area contributed by atoms with Gasteiger partial charge in [-0.25, -0.2) is 0 Å². The molecule has 8 nitrogen and oxygen atoms in total. The summed E-state index contributed by atoms with van der Waals surface area (Å²) in [7, 11) is 3.06. The third-order valence-corrected chi connectivity index (χ3v) is 7.31. The van der Waals surface area contributed by atoms with Crippen LogP contribution in [0.2, 0.25) is 0 Å². The lowest BCUT2D eigenvalue weighted by molar-refractivity contribution is -0.132. The maximum absolute atomic E-state index is 13.6. The smallest absolute Gasteiger partial charge is 0.223 e. The Bertz CT molecular complexity index is 1560. The number of ether oxygens (including phenoxy) is 2. The van der Waals surface area contributed by atoms with Gasteiger partial charge in [0.25, 0.3) is 0 Å². The molecule has 39 heavy (non-hydrogen) atoms. The second-order valence-electron chi connectivity index (χ2n) is 9.68. The molecule has 0 spiro atoms. The van der Waals surface area contributed by atoms with Gasteiger partial charge in [-0.05, 0) is 25.3 Å². The third-order valence-electron chi connectivity index (χ3n) is 7.31. The average molecular weight is 530 g/mol. The molecule has 5 rings (SSSR count). The number of phenols is 2. The second kappa shape index (κ2) is 11.1. The molecule has 1 atom stereocenters.